The SMILES string of the molecule is CC1(C)OCC(CNC2CCSc3c(F)cccc32)O1. The molecule has 1 saturated heterocycles. The van der Waals surface area contributed by atoms with Gasteiger partial charge >= 0.3 is 0 Å². The van der Waals surface area contributed by atoms with E-state index in [1.165, 1.54) is 6.07 Å². The zero-order valence-corrected chi connectivity index (χ0v) is 12.6. The van der Waals surface area contributed by atoms with Gasteiger partial charge in [-0.15, -0.1) is 11.8 Å². The van der Waals surface area contributed by atoms with Crippen molar-refractivity contribution in [3.63, 3.8) is 0 Å². The molecular weight excluding hydrogens is 277 g/mol. The van der Waals surface area contributed by atoms with Crippen molar-refractivity contribution in [3.05, 3.63) is 29.6 Å². The Bertz CT molecular complexity index is 495. The monoisotopic (exact) mass is 297 g/mol. The highest BCUT2D eigenvalue weighted by Gasteiger charge is 2.33. The minimum absolute atomic E-state index is 0.0663. The van der Waals surface area contributed by atoms with Crippen LogP contribution in [0.25, 0.3) is 0 Å². The van der Waals surface area contributed by atoms with Gasteiger partial charge in [-0.3, -0.25) is 0 Å². The summed E-state index contributed by atoms with van der Waals surface area (Å²) in [5.74, 6) is 0.346. The Kier molecular flexibility index (Phi) is 4.04. The second-order valence-corrected chi connectivity index (χ2v) is 6.81. The number of benzene rings is 1. The summed E-state index contributed by atoms with van der Waals surface area (Å²) in [4.78, 5) is 0.792. The average molecular weight is 297 g/mol. The summed E-state index contributed by atoms with van der Waals surface area (Å²) in [6.45, 7) is 5.19. The molecule has 1 fully saturated rings. The molecular formula is C15H20FNO2S. The zero-order valence-electron chi connectivity index (χ0n) is 11.8. The Hall–Kier alpha value is -0.620. The molecule has 110 valence electrons. The Morgan fingerprint density at radius 2 is 2.30 bits per heavy atom. The smallest absolute Gasteiger partial charge is 0.163 e. The lowest BCUT2D eigenvalue weighted by Gasteiger charge is -2.27. The quantitative estimate of drug-likeness (QED) is 0.928. The number of hydrogen-bond acceptors (Lipinski definition) is 4. The molecule has 2 atom stereocenters. The highest BCUT2D eigenvalue weighted by Crippen LogP contribution is 2.37. The molecule has 1 N–H and O–H groups in total. The Morgan fingerprint density at radius 3 is 3.05 bits per heavy atom. The predicted molar refractivity (Wildman–Crippen MR) is 77.4 cm³/mol. The largest absolute Gasteiger partial charge is 0.348 e. The van der Waals surface area contributed by atoms with Gasteiger partial charge in [0.2, 0.25) is 0 Å². The lowest BCUT2D eigenvalue weighted by molar-refractivity contribution is -0.137. The summed E-state index contributed by atoms with van der Waals surface area (Å²) in [5.41, 5.74) is 1.07. The molecule has 0 bridgehead atoms. The van der Waals surface area contributed by atoms with Crippen LogP contribution in [0, 0.1) is 5.82 Å². The third-order valence-electron chi connectivity index (χ3n) is 3.69. The summed E-state index contributed by atoms with van der Waals surface area (Å²) in [6, 6.07) is 5.53. The Labute approximate surface area is 123 Å². The molecule has 2 aliphatic heterocycles. The molecule has 2 unspecified atom stereocenters. The van der Waals surface area contributed by atoms with Crippen molar-refractivity contribution < 1.29 is 13.9 Å². The number of hydrogen-bond donors (Lipinski definition) is 1. The molecule has 2 heterocycles. The van der Waals surface area contributed by atoms with E-state index < -0.39 is 5.79 Å². The normalized spacial score (nSPS) is 28.4. The summed E-state index contributed by atoms with van der Waals surface area (Å²) in [7, 11) is 0. The molecule has 1 aromatic carbocycles. The topological polar surface area (TPSA) is 30.5 Å². The fraction of sp³-hybridized carbons (Fsp3) is 0.600. The second-order valence-electron chi connectivity index (χ2n) is 5.71. The first kappa shape index (κ1) is 14.3. The minimum Gasteiger partial charge on any atom is -0.348 e. The van der Waals surface area contributed by atoms with Crippen LogP contribution in [0.5, 0.6) is 0 Å². The van der Waals surface area contributed by atoms with Crippen molar-refractivity contribution in [3.8, 4) is 0 Å². The van der Waals surface area contributed by atoms with E-state index in [0.717, 1.165) is 29.2 Å². The van der Waals surface area contributed by atoms with Crippen LogP contribution in [0.15, 0.2) is 23.1 Å². The van der Waals surface area contributed by atoms with Crippen LogP contribution in [0.3, 0.4) is 0 Å². The zero-order chi connectivity index (χ0) is 14.2. The van der Waals surface area contributed by atoms with Gasteiger partial charge in [0.05, 0.1) is 12.7 Å². The van der Waals surface area contributed by atoms with E-state index in [1.54, 1.807) is 17.8 Å². The van der Waals surface area contributed by atoms with Crippen molar-refractivity contribution >= 4 is 11.8 Å². The fourth-order valence-electron chi connectivity index (χ4n) is 2.74. The lowest BCUT2D eigenvalue weighted by Crippen LogP contribution is -2.34. The van der Waals surface area contributed by atoms with Crippen molar-refractivity contribution in [1.82, 2.24) is 5.32 Å². The minimum atomic E-state index is -0.487. The van der Waals surface area contributed by atoms with E-state index in [-0.39, 0.29) is 18.0 Å². The molecule has 5 heteroatoms. The van der Waals surface area contributed by atoms with Crippen molar-refractivity contribution in [2.75, 3.05) is 18.9 Å². The third kappa shape index (κ3) is 3.01. The molecule has 2 aliphatic rings. The van der Waals surface area contributed by atoms with E-state index >= 15 is 0 Å². The summed E-state index contributed by atoms with van der Waals surface area (Å²) < 4.78 is 25.1. The number of fused-ring (bicyclic) bond motifs is 1. The standard InChI is InChI=1S/C15H20FNO2S/c1-15(2)18-9-10(19-15)8-17-13-6-7-20-14-11(13)4-3-5-12(14)16/h3-5,10,13,17H,6-9H2,1-2H3. The first-order valence-electron chi connectivity index (χ1n) is 7.01. The molecule has 0 aromatic heterocycles. The van der Waals surface area contributed by atoms with Crippen LogP contribution in [-0.4, -0.2) is 30.8 Å². The summed E-state index contributed by atoms with van der Waals surface area (Å²) in [6.07, 6.45) is 1.08. The molecule has 3 rings (SSSR count). The van der Waals surface area contributed by atoms with E-state index in [1.807, 2.05) is 19.9 Å². The predicted octanol–water partition coefficient (Wildman–Crippen LogP) is 3.10. The van der Waals surface area contributed by atoms with E-state index in [2.05, 4.69) is 5.32 Å². The number of ether oxygens (including phenoxy) is 2. The van der Waals surface area contributed by atoms with Crippen molar-refractivity contribution in [2.24, 2.45) is 0 Å². The van der Waals surface area contributed by atoms with E-state index in [9.17, 15) is 4.39 Å². The molecule has 1 aromatic rings. The van der Waals surface area contributed by atoms with Gasteiger partial charge in [0.15, 0.2) is 5.79 Å². The van der Waals surface area contributed by atoms with Gasteiger partial charge in [0.1, 0.15) is 5.82 Å². The highest BCUT2D eigenvalue weighted by atomic mass is 32.2. The number of halogens is 1. The maximum atomic E-state index is 13.8. The number of rotatable bonds is 3. The van der Waals surface area contributed by atoms with Gasteiger partial charge in [-0.1, -0.05) is 12.1 Å². The van der Waals surface area contributed by atoms with Crippen molar-refractivity contribution in [2.45, 2.75) is 43.1 Å². The number of thioether (sulfide) groups is 1. The van der Waals surface area contributed by atoms with Crippen LogP contribution in [-0.2, 0) is 9.47 Å². The van der Waals surface area contributed by atoms with Gasteiger partial charge in [-0.05, 0) is 37.7 Å². The van der Waals surface area contributed by atoms with Crippen LogP contribution in [0.1, 0.15) is 31.9 Å². The van der Waals surface area contributed by atoms with Crippen LogP contribution < -0.4 is 5.32 Å². The maximum Gasteiger partial charge on any atom is 0.163 e. The molecule has 0 spiro atoms. The molecule has 0 radical (unpaired) electrons. The molecule has 0 amide bonds. The van der Waals surface area contributed by atoms with Crippen LogP contribution >= 0.6 is 11.8 Å². The number of nitrogens with one attached hydrogen (secondary N) is 1. The fourth-order valence-corrected chi connectivity index (χ4v) is 3.88. The maximum absolute atomic E-state index is 13.8. The first-order chi connectivity index (χ1) is 9.55. The second kappa shape index (κ2) is 5.64. The average Bonchev–Trinajstić information content (AvgIpc) is 2.77. The van der Waals surface area contributed by atoms with Crippen LogP contribution in [0.2, 0.25) is 0 Å². The van der Waals surface area contributed by atoms with E-state index in [4.69, 9.17) is 9.47 Å². The molecule has 0 saturated carbocycles. The molecule has 0 aliphatic carbocycles. The lowest BCUT2D eigenvalue weighted by atomic mass is 10.0. The Morgan fingerprint density at radius 1 is 1.45 bits per heavy atom. The van der Waals surface area contributed by atoms with Gasteiger partial charge < -0.3 is 14.8 Å². The van der Waals surface area contributed by atoms with Gasteiger partial charge in [0, 0.05) is 17.5 Å². The summed E-state index contributed by atoms with van der Waals surface area (Å²) in [5, 5.41) is 3.50. The molecule has 20 heavy (non-hydrogen) atoms. The van der Waals surface area contributed by atoms with Gasteiger partial charge in [0.25, 0.3) is 0 Å². The Balaban J connectivity index is 1.64. The van der Waals surface area contributed by atoms with E-state index in [0.29, 0.717) is 6.61 Å². The summed E-state index contributed by atoms with van der Waals surface area (Å²) >= 11 is 1.61. The van der Waals surface area contributed by atoms with Crippen LogP contribution in [0.4, 0.5) is 4.39 Å². The van der Waals surface area contributed by atoms with Gasteiger partial charge in [-0.25, -0.2) is 4.39 Å². The van der Waals surface area contributed by atoms with Crippen molar-refractivity contribution in [1.29, 1.82) is 0 Å². The van der Waals surface area contributed by atoms with Gasteiger partial charge in [-0.2, -0.15) is 0 Å². The molecule has 3 nitrogen and oxygen atoms in total. The third-order valence-corrected chi connectivity index (χ3v) is 4.84. The first-order valence-corrected chi connectivity index (χ1v) is 8.00. The highest BCUT2D eigenvalue weighted by molar-refractivity contribution is 7.99.